The number of hydrogen-bond donors (Lipinski definition) is 1. The van der Waals surface area contributed by atoms with E-state index in [1.165, 1.54) is 0 Å². The van der Waals surface area contributed by atoms with Crippen molar-refractivity contribution in [3.63, 3.8) is 0 Å². The molecular weight excluding hydrogens is 226 g/mol. The number of Topliss-reactive ketones (excluding diaryl/α,β-unsaturated/α-hetero) is 1. The van der Waals surface area contributed by atoms with Crippen molar-refractivity contribution >= 4 is 5.78 Å². The van der Waals surface area contributed by atoms with Crippen LogP contribution < -0.4 is 0 Å². The number of aromatic nitrogens is 1. The Kier molecular flexibility index (Phi) is 2.12. The minimum Gasteiger partial charge on any atom is -0.385 e. The molecule has 0 saturated carbocycles. The Labute approximate surface area is 107 Å². The van der Waals surface area contributed by atoms with Gasteiger partial charge in [-0.05, 0) is 30.4 Å². The van der Waals surface area contributed by atoms with Gasteiger partial charge < -0.3 is 5.11 Å². The van der Waals surface area contributed by atoms with Gasteiger partial charge in [0.25, 0.3) is 0 Å². The Bertz CT molecular complexity index is 570. The van der Waals surface area contributed by atoms with Gasteiger partial charge in [-0.1, -0.05) is 19.9 Å². The summed E-state index contributed by atoms with van der Waals surface area (Å²) in [6.07, 6.45) is 6.02. The summed E-state index contributed by atoms with van der Waals surface area (Å²) in [4.78, 5) is 16.5. The van der Waals surface area contributed by atoms with Crippen LogP contribution in [0.1, 0.15) is 43.1 Å². The third kappa shape index (κ3) is 1.40. The molecule has 1 N–H and O–H groups in total. The Morgan fingerprint density at radius 3 is 2.83 bits per heavy atom. The summed E-state index contributed by atoms with van der Waals surface area (Å²) in [5.74, 6) is -0.0740. The van der Waals surface area contributed by atoms with E-state index in [0.29, 0.717) is 11.1 Å². The number of rotatable bonds is 0. The van der Waals surface area contributed by atoms with Crippen molar-refractivity contribution in [3.8, 4) is 0 Å². The smallest absolute Gasteiger partial charge is 0.191 e. The van der Waals surface area contributed by atoms with Gasteiger partial charge in [0, 0.05) is 29.4 Å². The van der Waals surface area contributed by atoms with Crippen LogP contribution in [0.2, 0.25) is 0 Å². The fraction of sp³-hybridized carbons (Fsp3) is 0.467. The van der Waals surface area contributed by atoms with E-state index in [1.807, 2.05) is 6.08 Å². The number of carbonyl (C=O) groups is 1. The van der Waals surface area contributed by atoms with Gasteiger partial charge in [-0.25, -0.2) is 0 Å². The summed E-state index contributed by atoms with van der Waals surface area (Å²) in [5.41, 5.74) is 0.997. The highest BCUT2D eigenvalue weighted by molar-refractivity contribution is 6.11. The highest BCUT2D eigenvalue weighted by Crippen LogP contribution is 2.52. The van der Waals surface area contributed by atoms with Gasteiger partial charge in [0.1, 0.15) is 0 Å². The Morgan fingerprint density at radius 1 is 1.39 bits per heavy atom. The normalized spacial score (nSPS) is 32.8. The summed E-state index contributed by atoms with van der Waals surface area (Å²) in [7, 11) is 0. The molecule has 0 saturated heterocycles. The average molecular weight is 243 g/mol. The first kappa shape index (κ1) is 11.6. The third-order valence-electron chi connectivity index (χ3n) is 4.20. The van der Waals surface area contributed by atoms with Crippen LogP contribution in [0.3, 0.4) is 0 Å². The third-order valence-corrected chi connectivity index (χ3v) is 4.20. The molecule has 1 heterocycles. The standard InChI is InChI=1S/C15H17NO2/c1-14(2)6-9-12(7-14)15(3,18)11-4-5-16-8-10(11)13(9)17/h4-6,8,12,18H,7H2,1-3H3. The molecule has 2 aliphatic carbocycles. The van der Waals surface area contributed by atoms with Gasteiger partial charge >= 0.3 is 0 Å². The van der Waals surface area contributed by atoms with Crippen LogP contribution in [-0.2, 0) is 5.60 Å². The van der Waals surface area contributed by atoms with Crippen molar-refractivity contribution in [1.82, 2.24) is 4.98 Å². The van der Waals surface area contributed by atoms with Crippen LogP contribution in [0.5, 0.6) is 0 Å². The van der Waals surface area contributed by atoms with Crippen LogP contribution in [-0.4, -0.2) is 15.9 Å². The molecule has 2 aliphatic rings. The number of aliphatic hydroxyl groups is 1. The summed E-state index contributed by atoms with van der Waals surface area (Å²) >= 11 is 0. The molecule has 0 amide bonds. The van der Waals surface area contributed by atoms with Crippen molar-refractivity contribution < 1.29 is 9.90 Å². The quantitative estimate of drug-likeness (QED) is 0.761. The molecule has 18 heavy (non-hydrogen) atoms. The summed E-state index contributed by atoms with van der Waals surface area (Å²) in [6, 6.07) is 1.76. The van der Waals surface area contributed by atoms with Crippen molar-refractivity contribution in [2.75, 3.05) is 0 Å². The van der Waals surface area contributed by atoms with E-state index in [1.54, 1.807) is 25.4 Å². The van der Waals surface area contributed by atoms with E-state index >= 15 is 0 Å². The minimum absolute atomic E-state index is 0.0280. The highest BCUT2D eigenvalue weighted by Gasteiger charge is 2.50. The lowest BCUT2D eigenvalue weighted by Gasteiger charge is -2.38. The van der Waals surface area contributed by atoms with Gasteiger partial charge in [0.05, 0.1) is 5.60 Å². The van der Waals surface area contributed by atoms with Gasteiger partial charge in [-0.15, -0.1) is 0 Å². The summed E-state index contributed by atoms with van der Waals surface area (Å²) in [5, 5.41) is 10.8. The molecule has 0 radical (unpaired) electrons. The van der Waals surface area contributed by atoms with Crippen molar-refractivity contribution in [1.29, 1.82) is 0 Å². The first-order chi connectivity index (χ1) is 8.33. The highest BCUT2D eigenvalue weighted by atomic mass is 16.3. The van der Waals surface area contributed by atoms with Crippen molar-refractivity contribution in [3.05, 3.63) is 41.2 Å². The zero-order valence-electron chi connectivity index (χ0n) is 10.9. The second-order valence-corrected chi connectivity index (χ2v) is 6.24. The lowest BCUT2D eigenvalue weighted by Crippen LogP contribution is -2.40. The molecule has 3 heteroatoms. The Morgan fingerprint density at radius 2 is 2.11 bits per heavy atom. The van der Waals surface area contributed by atoms with Crippen LogP contribution >= 0.6 is 0 Å². The van der Waals surface area contributed by atoms with Gasteiger partial charge in [-0.2, -0.15) is 0 Å². The maximum absolute atomic E-state index is 12.5. The lowest BCUT2D eigenvalue weighted by molar-refractivity contribution is -0.00220. The van der Waals surface area contributed by atoms with E-state index in [0.717, 1.165) is 12.0 Å². The fourth-order valence-electron chi connectivity index (χ4n) is 3.30. The molecule has 0 fully saturated rings. The monoisotopic (exact) mass is 243 g/mol. The predicted octanol–water partition coefficient (Wildman–Crippen LogP) is 2.46. The second kappa shape index (κ2) is 3.29. The average Bonchev–Trinajstić information content (AvgIpc) is 2.64. The molecule has 0 bridgehead atoms. The molecular formula is C15H17NO2. The van der Waals surface area contributed by atoms with E-state index < -0.39 is 5.60 Å². The number of nitrogens with zero attached hydrogens (tertiary/aromatic N) is 1. The van der Waals surface area contributed by atoms with E-state index in [-0.39, 0.29) is 17.1 Å². The molecule has 2 unspecified atom stereocenters. The fourth-order valence-corrected chi connectivity index (χ4v) is 3.30. The molecule has 3 nitrogen and oxygen atoms in total. The number of pyridine rings is 1. The molecule has 2 atom stereocenters. The number of hydrogen-bond acceptors (Lipinski definition) is 3. The van der Waals surface area contributed by atoms with E-state index in [2.05, 4.69) is 18.8 Å². The molecule has 94 valence electrons. The van der Waals surface area contributed by atoms with Crippen LogP contribution in [0.25, 0.3) is 0 Å². The first-order valence-corrected chi connectivity index (χ1v) is 6.27. The van der Waals surface area contributed by atoms with Gasteiger partial charge in [-0.3, -0.25) is 9.78 Å². The largest absolute Gasteiger partial charge is 0.385 e. The number of fused-ring (bicyclic) bond motifs is 2. The Balaban J connectivity index is 2.24. The first-order valence-electron chi connectivity index (χ1n) is 6.27. The maximum atomic E-state index is 12.5. The zero-order valence-corrected chi connectivity index (χ0v) is 10.9. The van der Waals surface area contributed by atoms with E-state index in [9.17, 15) is 9.90 Å². The second-order valence-electron chi connectivity index (χ2n) is 6.24. The zero-order chi connectivity index (χ0) is 13.1. The number of ketones is 1. The molecule has 0 aromatic carbocycles. The number of allylic oxidation sites excluding steroid dienone is 1. The van der Waals surface area contributed by atoms with Gasteiger partial charge in [0.2, 0.25) is 0 Å². The van der Waals surface area contributed by atoms with Crippen molar-refractivity contribution in [2.45, 2.75) is 32.8 Å². The van der Waals surface area contributed by atoms with Crippen LogP contribution in [0.15, 0.2) is 30.1 Å². The minimum atomic E-state index is -0.980. The number of carbonyl (C=O) groups excluding carboxylic acids is 1. The Hall–Kier alpha value is -1.48. The molecule has 3 rings (SSSR count). The van der Waals surface area contributed by atoms with Crippen molar-refractivity contribution in [2.24, 2.45) is 11.3 Å². The summed E-state index contributed by atoms with van der Waals surface area (Å²) in [6.45, 7) is 6.01. The van der Waals surface area contributed by atoms with Crippen LogP contribution in [0, 0.1) is 11.3 Å². The van der Waals surface area contributed by atoms with Gasteiger partial charge in [0.15, 0.2) is 5.78 Å². The molecule has 1 aromatic heterocycles. The molecule has 0 aliphatic heterocycles. The predicted molar refractivity (Wildman–Crippen MR) is 68.1 cm³/mol. The topological polar surface area (TPSA) is 50.2 Å². The van der Waals surface area contributed by atoms with E-state index in [4.69, 9.17) is 0 Å². The van der Waals surface area contributed by atoms with Crippen LogP contribution in [0.4, 0.5) is 0 Å². The lowest BCUT2D eigenvalue weighted by atomic mass is 9.70. The molecule has 1 aromatic rings. The summed E-state index contributed by atoms with van der Waals surface area (Å²) < 4.78 is 0. The SMILES string of the molecule is CC1(C)C=C2C(=O)c3cnccc3C(C)(O)C2C1. The molecule has 0 spiro atoms. The maximum Gasteiger partial charge on any atom is 0.191 e.